The lowest BCUT2D eigenvalue weighted by molar-refractivity contribution is -0.132. The zero-order chi connectivity index (χ0) is 16.5. The molecule has 1 saturated heterocycles. The molecule has 22 heavy (non-hydrogen) atoms. The number of benzene rings is 1. The Morgan fingerprint density at radius 1 is 1.23 bits per heavy atom. The van der Waals surface area contributed by atoms with Crippen LogP contribution in [0, 0.1) is 11.6 Å². The molecular weight excluding hydrogens is 294 g/mol. The number of carbonyl (C=O) groups excluding carboxylic acids is 2. The van der Waals surface area contributed by atoms with Gasteiger partial charge in [-0.15, -0.1) is 0 Å². The van der Waals surface area contributed by atoms with Crippen molar-refractivity contribution in [1.29, 1.82) is 0 Å². The molecule has 2 N–H and O–H groups in total. The van der Waals surface area contributed by atoms with Gasteiger partial charge in [0.05, 0.1) is 12.1 Å². The number of β-amino-alcohol motifs (C(OH)–C–C–N with tert-alkyl or cyclic N) is 1. The summed E-state index contributed by atoms with van der Waals surface area (Å²) in [4.78, 5) is 25.1. The normalized spacial score (nSPS) is 18.5. The number of aliphatic hydroxyl groups excluding tert-OH is 1. The Balaban J connectivity index is 2.24. The van der Waals surface area contributed by atoms with Crippen molar-refractivity contribution in [1.82, 2.24) is 10.2 Å². The summed E-state index contributed by atoms with van der Waals surface area (Å²) in [5.74, 6) is -2.33. The maximum Gasteiger partial charge on any atom is 0.325 e. The number of hydrogen-bond acceptors (Lipinski definition) is 3. The molecule has 1 aromatic carbocycles. The van der Waals surface area contributed by atoms with Gasteiger partial charge in [0.25, 0.3) is 5.91 Å². The summed E-state index contributed by atoms with van der Waals surface area (Å²) in [6.07, 6.45) is -0.830. The Bertz CT molecular complexity index is 582. The SMILES string of the molecule is CCC1(CC)NC(=O)N(CC(O)c2c(F)cccc2F)C1=O. The fraction of sp³-hybridized carbons (Fsp3) is 0.467. The van der Waals surface area contributed by atoms with E-state index in [1.165, 1.54) is 6.07 Å². The standard InChI is InChI=1S/C15H18F2N2O3/c1-3-15(4-2)13(21)19(14(22)18-15)8-11(20)12-9(16)6-5-7-10(12)17/h5-7,11,20H,3-4,8H2,1-2H3,(H,18,22). The summed E-state index contributed by atoms with van der Waals surface area (Å²) >= 11 is 0. The monoisotopic (exact) mass is 312 g/mol. The smallest absolute Gasteiger partial charge is 0.325 e. The predicted molar refractivity (Wildman–Crippen MR) is 74.9 cm³/mol. The van der Waals surface area contributed by atoms with E-state index in [2.05, 4.69) is 5.32 Å². The van der Waals surface area contributed by atoms with Gasteiger partial charge in [0.2, 0.25) is 0 Å². The van der Waals surface area contributed by atoms with Crippen molar-refractivity contribution >= 4 is 11.9 Å². The Hall–Kier alpha value is -2.02. The molecular formula is C15H18F2N2O3. The van der Waals surface area contributed by atoms with Crippen molar-refractivity contribution in [2.24, 2.45) is 0 Å². The minimum atomic E-state index is -1.62. The molecule has 0 spiro atoms. The molecule has 1 heterocycles. The molecule has 0 saturated carbocycles. The zero-order valence-electron chi connectivity index (χ0n) is 12.4. The van der Waals surface area contributed by atoms with E-state index in [-0.39, 0.29) is 0 Å². The largest absolute Gasteiger partial charge is 0.386 e. The van der Waals surface area contributed by atoms with Crippen LogP contribution < -0.4 is 5.32 Å². The van der Waals surface area contributed by atoms with Crippen LogP contribution in [-0.2, 0) is 4.79 Å². The summed E-state index contributed by atoms with van der Waals surface area (Å²) in [6.45, 7) is 3.03. The molecule has 1 fully saturated rings. The second-order valence-corrected chi connectivity index (χ2v) is 5.29. The zero-order valence-corrected chi connectivity index (χ0v) is 12.4. The fourth-order valence-electron chi connectivity index (χ4n) is 2.66. The van der Waals surface area contributed by atoms with Gasteiger partial charge in [-0.3, -0.25) is 9.69 Å². The van der Waals surface area contributed by atoms with Crippen molar-refractivity contribution in [2.75, 3.05) is 6.54 Å². The van der Waals surface area contributed by atoms with Gasteiger partial charge in [-0.05, 0) is 25.0 Å². The molecule has 0 radical (unpaired) electrons. The quantitative estimate of drug-likeness (QED) is 0.818. The van der Waals surface area contributed by atoms with Crippen LogP contribution in [0.1, 0.15) is 38.4 Å². The Morgan fingerprint density at radius 3 is 2.23 bits per heavy atom. The minimum Gasteiger partial charge on any atom is -0.386 e. The van der Waals surface area contributed by atoms with Crippen LogP contribution in [0.2, 0.25) is 0 Å². The lowest BCUT2D eigenvalue weighted by Gasteiger charge is -2.24. The molecule has 5 nitrogen and oxygen atoms in total. The molecule has 1 unspecified atom stereocenters. The van der Waals surface area contributed by atoms with Crippen LogP contribution in [0.5, 0.6) is 0 Å². The molecule has 0 bridgehead atoms. The Labute approximate surface area is 126 Å². The van der Waals surface area contributed by atoms with Gasteiger partial charge in [-0.2, -0.15) is 0 Å². The Kier molecular flexibility index (Phi) is 4.46. The second-order valence-electron chi connectivity index (χ2n) is 5.29. The first-order valence-electron chi connectivity index (χ1n) is 7.12. The number of hydrogen-bond donors (Lipinski definition) is 2. The summed E-state index contributed by atoms with van der Waals surface area (Å²) in [7, 11) is 0. The molecule has 120 valence electrons. The molecule has 1 aliphatic heterocycles. The predicted octanol–water partition coefficient (Wildman–Crippen LogP) is 2.11. The van der Waals surface area contributed by atoms with E-state index in [1.54, 1.807) is 13.8 Å². The number of halogens is 2. The summed E-state index contributed by atoms with van der Waals surface area (Å²) in [5, 5.41) is 12.6. The highest BCUT2D eigenvalue weighted by atomic mass is 19.1. The van der Waals surface area contributed by atoms with E-state index >= 15 is 0 Å². The first-order valence-corrected chi connectivity index (χ1v) is 7.12. The third-order valence-electron chi connectivity index (χ3n) is 4.14. The summed E-state index contributed by atoms with van der Waals surface area (Å²) in [6, 6.07) is 2.53. The van der Waals surface area contributed by atoms with Gasteiger partial charge in [0, 0.05) is 0 Å². The molecule has 1 aliphatic rings. The molecule has 2 rings (SSSR count). The van der Waals surface area contributed by atoms with Crippen molar-refractivity contribution in [3.05, 3.63) is 35.4 Å². The number of nitrogens with one attached hydrogen (secondary N) is 1. The molecule has 7 heteroatoms. The topological polar surface area (TPSA) is 69.6 Å². The van der Waals surface area contributed by atoms with Gasteiger partial charge < -0.3 is 10.4 Å². The van der Waals surface area contributed by atoms with Gasteiger partial charge in [-0.25, -0.2) is 13.6 Å². The van der Waals surface area contributed by atoms with Gasteiger partial charge in [0.15, 0.2) is 0 Å². The molecule has 0 aliphatic carbocycles. The van der Waals surface area contributed by atoms with E-state index < -0.39 is 47.3 Å². The second kappa shape index (κ2) is 6.00. The van der Waals surface area contributed by atoms with Crippen molar-refractivity contribution in [3.8, 4) is 0 Å². The van der Waals surface area contributed by atoms with E-state index in [0.717, 1.165) is 17.0 Å². The van der Waals surface area contributed by atoms with Crippen LogP contribution in [0.15, 0.2) is 18.2 Å². The van der Waals surface area contributed by atoms with E-state index in [4.69, 9.17) is 0 Å². The maximum atomic E-state index is 13.6. The molecule has 1 atom stereocenters. The maximum absolute atomic E-state index is 13.6. The molecule has 3 amide bonds. The first kappa shape index (κ1) is 16.4. The van der Waals surface area contributed by atoms with Crippen LogP contribution >= 0.6 is 0 Å². The van der Waals surface area contributed by atoms with Gasteiger partial charge >= 0.3 is 6.03 Å². The summed E-state index contributed by atoms with van der Waals surface area (Å²) in [5.41, 5.74) is -1.56. The minimum absolute atomic E-state index is 0.398. The molecule has 1 aromatic rings. The average molecular weight is 312 g/mol. The number of imide groups is 1. The summed E-state index contributed by atoms with van der Waals surface area (Å²) < 4.78 is 27.3. The third kappa shape index (κ3) is 2.56. The third-order valence-corrected chi connectivity index (χ3v) is 4.14. The first-order chi connectivity index (χ1) is 10.4. The van der Waals surface area contributed by atoms with Crippen LogP contribution in [0.4, 0.5) is 13.6 Å². The van der Waals surface area contributed by atoms with E-state index in [1.807, 2.05) is 0 Å². The van der Waals surface area contributed by atoms with Crippen LogP contribution in [0.3, 0.4) is 0 Å². The number of carbonyl (C=O) groups is 2. The highest BCUT2D eigenvalue weighted by Gasteiger charge is 2.49. The average Bonchev–Trinajstić information content (AvgIpc) is 2.72. The van der Waals surface area contributed by atoms with Gasteiger partial charge in [0.1, 0.15) is 23.3 Å². The number of rotatable bonds is 5. The number of nitrogens with zero attached hydrogens (tertiary/aromatic N) is 1. The van der Waals surface area contributed by atoms with Crippen molar-refractivity contribution in [3.63, 3.8) is 0 Å². The highest BCUT2D eigenvalue weighted by Crippen LogP contribution is 2.28. The fourth-order valence-corrected chi connectivity index (χ4v) is 2.66. The van der Waals surface area contributed by atoms with Crippen molar-refractivity contribution in [2.45, 2.75) is 38.3 Å². The van der Waals surface area contributed by atoms with Crippen LogP contribution in [0.25, 0.3) is 0 Å². The lowest BCUT2D eigenvalue weighted by Crippen LogP contribution is -2.46. The lowest BCUT2D eigenvalue weighted by atomic mass is 9.93. The molecule has 0 aromatic heterocycles. The number of urea groups is 1. The van der Waals surface area contributed by atoms with E-state index in [9.17, 15) is 23.5 Å². The van der Waals surface area contributed by atoms with Crippen LogP contribution in [-0.4, -0.2) is 34.0 Å². The van der Waals surface area contributed by atoms with Gasteiger partial charge in [-0.1, -0.05) is 19.9 Å². The Morgan fingerprint density at radius 2 is 1.77 bits per heavy atom. The number of amides is 3. The van der Waals surface area contributed by atoms with E-state index in [0.29, 0.717) is 12.8 Å². The van der Waals surface area contributed by atoms with Crippen molar-refractivity contribution < 1.29 is 23.5 Å². The highest BCUT2D eigenvalue weighted by molar-refractivity contribution is 6.07. The number of aliphatic hydroxyl groups is 1.